The Hall–Kier alpha value is -2.04. The van der Waals surface area contributed by atoms with Gasteiger partial charge in [-0.2, -0.15) is 5.10 Å². The van der Waals surface area contributed by atoms with Crippen LogP contribution in [0, 0.1) is 0 Å². The summed E-state index contributed by atoms with van der Waals surface area (Å²) in [6.45, 7) is 0. The van der Waals surface area contributed by atoms with Gasteiger partial charge >= 0.3 is 5.97 Å². The van der Waals surface area contributed by atoms with Crippen molar-refractivity contribution in [2.75, 3.05) is 0 Å². The zero-order chi connectivity index (χ0) is 9.26. The minimum Gasteiger partial charge on any atom is -0.478 e. The van der Waals surface area contributed by atoms with Crippen molar-refractivity contribution >= 4 is 5.97 Å². The quantitative estimate of drug-likeness (QED) is 0.642. The van der Waals surface area contributed by atoms with Crippen LogP contribution in [-0.4, -0.2) is 26.3 Å². The number of carbonyl (C=O) groups is 1. The van der Waals surface area contributed by atoms with Crippen molar-refractivity contribution in [2.45, 2.75) is 0 Å². The van der Waals surface area contributed by atoms with E-state index in [1.165, 1.54) is 6.20 Å². The number of H-pyrrole nitrogens is 2. The maximum Gasteiger partial charge on any atom is 0.339 e. The van der Waals surface area contributed by atoms with Crippen LogP contribution in [0.15, 0.2) is 24.5 Å². The fourth-order valence-corrected chi connectivity index (χ4v) is 1.14. The Morgan fingerprint density at radius 1 is 1.54 bits per heavy atom. The van der Waals surface area contributed by atoms with Crippen LogP contribution >= 0.6 is 0 Å². The van der Waals surface area contributed by atoms with Gasteiger partial charge in [-0.3, -0.25) is 5.10 Å². The Morgan fingerprint density at radius 2 is 2.38 bits per heavy atom. The molecule has 0 amide bonds. The Kier molecular flexibility index (Phi) is 1.63. The predicted molar refractivity (Wildman–Crippen MR) is 45.3 cm³/mol. The molecule has 0 aliphatic carbocycles. The zero-order valence-corrected chi connectivity index (χ0v) is 6.61. The summed E-state index contributed by atoms with van der Waals surface area (Å²) in [6, 6.07) is 3.57. The van der Waals surface area contributed by atoms with Gasteiger partial charge < -0.3 is 10.1 Å². The molecule has 2 rings (SSSR count). The third kappa shape index (κ3) is 1.20. The van der Waals surface area contributed by atoms with E-state index in [2.05, 4.69) is 15.2 Å². The Balaban J connectivity index is 2.52. The first-order valence-electron chi connectivity index (χ1n) is 3.69. The predicted octanol–water partition coefficient (Wildman–Crippen LogP) is 1.10. The highest BCUT2D eigenvalue weighted by molar-refractivity contribution is 5.93. The van der Waals surface area contributed by atoms with E-state index < -0.39 is 5.97 Å². The lowest BCUT2D eigenvalue weighted by Crippen LogP contribution is -1.96. The van der Waals surface area contributed by atoms with E-state index in [1.54, 1.807) is 18.3 Å². The smallest absolute Gasteiger partial charge is 0.339 e. The Morgan fingerprint density at radius 3 is 3.00 bits per heavy atom. The third-order valence-electron chi connectivity index (χ3n) is 1.74. The molecule has 0 spiro atoms. The van der Waals surface area contributed by atoms with Crippen molar-refractivity contribution in [3.63, 3.8) is 0 Å². The standard InChI is InChI=1S/C8H7N3O2/c12-8(13)5-4-10-11-7(5)6-2-1-3-9-6/h1-4,9H,(H,10,11)(H,12,13). The molecule has 0 saturated heterocycles. The van der Waals surface area contributed by atoms with Crippen LogP contribution in [0.2, 0.25) is 0 Å². The lowest BCUT2D eigenvalue weighted by molar-refractivity contribution is 0.0698. The number of carboxylic acids is 1. The summed E-state index contributed by atoms with van der Waals surface area (Å²) in [5.41, 5.74) is 1.38. The van der Waals surface area contributed by atoms with Gasteiger partial charge in [-0.05, 0) is 12.1 Å². The number of aromatic nitrogens is 3. The molecule has 13 heavy (non-hydrogen) atoms. The van der Waals surface area contributed by atoms with Crippen molar-refractivity contribution < 1.29 is 9.90 Å². The molecular weight excluding hydrogens is 170 g/mol. The molecule has 0 aliphatic heterocycles. The number of hydrogen-bond acceptors (Lipinski definition) is 2. The molecular formula is C8H7N3O2. The van der Waals surface area contributed by atoms with E-state index in [4.69, 9.17) is 5.11 Å². The second kappa shape index (κ2) is 2.78. The summed E-state index contributed by atoms with van der Waals surface area (Å²) >= 11 is 0. The minimum atomic E-state index is -0.988. The van der Waals surface area contributed by atoms with E-state index in [9.17, 15) is 4.79 Å². The molecule has 5 heteroatoms. The van der Waals surface area contributed by atoms with Crippen LogP contribution in [0.5, 0.6) is 0 Å². The van der Waals surface area contributed by atoms with Gasteiger partial charge in [0.05, 0.1) is 17.6 Å². The molecule has 0 atom stereocenters. The van der Waals surface area contributed by atoms with Gasteiger partial charge in [0.2, 0.25) is 0 Å². The maximum absolute atomic E-state index is 10.7. The van der Waals surface area contributed by atoms with Crippen molar-refractivity contribution in [3.8, 4) is 11.4 Å². The first-order valence-corrected chi connectivity index (χ1v) is 3.69. The second-order valence-corrected chi connectivity index (χ2v) is 2.55. The lowest BCUT2D eigenvalue weighted by Gasteiger charge is -1.94. The third-order valence-corrected chi connectivity index (χ3v) is 1.74. The average molecular weight is 177 g/mol. The largest absolute Gasteiger partial charge is 0.478 e. The van der Waals surface area contributed by atoms with Crippen LogP contribution in [-0.2, 0) is 0 Å². The molecule has 2 aromatic heterocycles. The van der Waals surface area contributed by atoms with Crippen molar-refractivity contribution in [3.05, 3.63) is 30.1 Å². The van der Waals surface area contributed by atoms with Crippen molar-refractivity contribution in [1.82, 2.24) is 15.2 Å². The molecule has 3 N–H and O–H groups in total. The first kappa shape index (κ1) is 7.60. The summed E-state index contributed by atoms with van der Waals surface area (Å²) < 4.78 is 0. The number of carboxylic acid groups (broad SMARTS) is 1. The van der Waals surface area contributed by atoms with Gasteiger partial charge in [-0.1, -0.05) is 0 Å². The molecule has 2 aromatic rings. The molecule has 0 aliphatic rings. The lowest BCUT2D eigenvalue weighted by atomic mass is 10.2. The molecule has 0 bridgehead atoms. The molecule has 0 radical (unpaired) electrons. The SMILES string of the molecule is O=C(O)c1cn[nH]c1-c1ccc[nH]1. The molecule has 2 heterocycles. The number of rotatable bonds is 2. The fourth-order valence-electron chi connectivity index (χ4n) is 1.14. The fraction of sp³-hybridized carbons (Fsp3) is 0. The van der Waals surface area contributed by atoms with Crippen molar-refractivity contribution in [2.24, 2.45) is 0 Å². The summed E-state index contributed by atoms with van der Waals surface area (Å²) in [7, 11) is 0. The van der Waals surface area contributed by atoms with Gasteiger partial charge in [-0.25, -0.2) is 4.79 Å². The van der Waals surface area contributed by atoms with Gasteiger partial charge in [0.15, 0.2) is 0 Å². The first-order chi connectivity index (χ1) is 6.29. The number of nitrogens with zero attached hydrogens (tertiary/aromatic N) is 1. The van der Waals surface area contributed by atoms with Crippen molar-refractivity contribution in [1.29, 1.82) is 0 Å². The van der Waals surface area contributed by atoms with E-state index in [-0.39, 0.29) is 5.56 Å². The highest BCUT2D eigenvalue weighted by Gasteiger charge is 2.13. The van der Waals surface area contributed by atoms with E-state index in [0.717, 1.165) is 5.69 Å². The molecule has 5 nitrogen and oxygen atoms in total. The molecule has 0 unspecified atom stereocenters. The van der Waals surface area contributed by atoms with E-state index in [1.807, 2.05) is 0 Å². The van der Waals surface area contributed by atoms with Gasteiger partial charge in [0, 0.05) is 6.20 Å². The van der Waals surface area contributed by atoms with Crippen LogP contribution in [0.1, 0.15) is 10.4 Å². The molecule has 66 valence electrons. The van der Waals surface area contributed by atoms with Crippen LogP contribution < -0.4 is 0 Å². The van der Waals surface area contributed by atoms with E-state index in [0.29, 0.717) is 5.69 Å². The summed E-state index contributed by atoms with van der Waals surface area (Å²) in [5, 5.41) is 15.1. The minimum absolute atomic E-state index is 0.169. The Labute approximate surface area is 73.4 Å². The number of nitrogens with one attached hydrogen (secondary N) is 2. The zero-order valence-electron chi connectivity index (χ0n) is 6.61. The maximum atomic E-state index is 10.7. The van der Waals surface area contributed by atoms with Gasteiger partial charge in [-0.15, -0.1) is 0 Å². The topological polar surface area (TPSA) is 81.8 Å². The average Bonchev–Trinajstić information content (AvgIpc) is 2.74. The monoisotopic (exact) mass is 177 g/mol. The highest BCUT2D eigenvalue weighted by atomic mass is 16.4. The van der Waals surface area contributed by atoms with Gasteiger partial charge in [0.1, 0.15) is 5.56 Å². The van der Waals surface area contributed by atoms with Crippen LogP contribution in [0.4, 0.5) is 0 Å². The summed E-state index contributed by atoms with van der Waals surface area (Å²) in [4.78, 5) is 13.6. The summed E-state index contributed by atoms with van der Waals surface area (Å²) in [6.07, 6.45) is 3.01. The number of aromatic amines is 2. The van der Waals surface area contributed by atoms with Gasteiger partial charge in [0.25, 0.3) is 0 Å². The van der Waals surface area contributed by atoms with E-state index >= 15 is 0 Å². The van der Waals surface area contributed by atoms with Crippen LogP contribution in [0.25, 0.3) is 11.4 Å². The second-order valence-electron chi connectivity index (χ2n) is 2.55. The molecule has 0 fully saturated rings. The number of aromatic carboxylic acids is 1. The Bertz CT molecular complexity index is 416. The highest BCUT2D eigenvalue weighted by Crippen LogP contribution is 2.18. The molecule has 0 saturated carbocycles. The normalized spacial score (nSPS) is 10.2. The van der Waals surface area contributed by atoms with Crippen LogP contribution in [0.3, 0.4) is 0 Å². The number of hydrogen-bond donors (Lipinski definition) is 3. The molecule has 0 aromatic carbocycles. The summed E-state index contributed by atoms with van der Waals surface area (Å²) in [5.74, 6) is -0.988.